The van der Waals surface area contributed by atoms with Crippen LogP contribution in [0.1, 0.15) is 5.56 Å². The molecule has 0 saturated heterocycles. The fraction of sp³-hybridized carbons (Fsp3) is 0.400. The predicted octanol–water partition coefficient (Wildman–Crippen LogP) is 2.70. The van der Waals surface area contributed by atoms with Crippen molar-refractivity contribution >= 4 is 24.2 Å². The van der Waals surface area contributed by atoms with E-state index >= 15 is 0 Å². The second-order valence-electron chi connectivity index (χ2n) is 3.10. The molecule has 0 amide bonds. The number of halogens is 1. The van der Waals surface area contributed by atoms with E-state index in [1.54, 1.807) is 0 Å². The van der Waals surface area contributed by atoms with Crippen LogP contribution in [0.3, 0.4) is 0 Å². The van der Waals surface area contributed by atoms with Gasteiger partial charge in [-0.2, -0.15) is 12.6 Å². The maximum atomic E-state index is 5.78. The molecule has 0 aliphatic heterocycles. The van der Waals surface area contributed by atoms with Gasteiger partial charge in [0.15, 0.2) is 0 Å². The van der Waals surface area contributed by atoms with Crippen LogP contribution in [0.15, 0.2) is 24.3 Å². The van der Waals surface area contributed by atoms with Crippen LogP contribution in [0, 0.1) is 0 Å². The van der Waals surface area contributed by atoms with Crippen LogP contribution < -0.4 is 0 Å². The first kappa shape index (κ1) is 10.9. The van der Waals surface area contributed by atoms with Gasteiger partial charge in [0.25, 0.3) is 0 Å². The SMILES string of the molecule is CN(CS)CCc1ccc(Cl)cc1. The minimum atomic E-state index is 0.797. The summed E-state index contributed by atoms with van der Waals surface area (Å²) in [6.45, 7) is 1.03. The second-order valence-corrected chi connectivity index (χ2v) is 3.82. The standard InChI is InChI=1S/C10H14ClNS/c1-12(8-13)7-6-9-2-4-10(11)5-3-9/h2-5,13H,6-8H2,1H3. The Morgan fingerprint density at radius 3 is 2.46 bits per heavy atom. The summed E-state index contributed by atoms with van der Waals surface area (Å²) in [5.74, 6) is 0.799. The van der Waals surface area contributed by atoms with Gasteiger partial charge in [-0.15, -0.1) is 0 Å². The Hall–Kier alpha value is -0.180. The number of likely N-dealkylation sites (N-methyl/N-ethyl adjacent to an activating group) is 1. The summed E-state index contributed by atoms with van der Waals surface area (Å²) in [7, 11) is 2.06. The van der Waals surface area contributed by atoms with E-state index in [1.807, 2.05) is 12.1 Å². The van der Waals surface area contributed by atoms with E-state index < -0.39 is 0 Å². The molecule has 3 heteroatoms. The largest absolute Gasteiger partial charge is 0.297 e. The molecule has 0 N–H and O–H groups in total. The highest BCUT2D eigenvalue weighted by atomic mass is 35.5. The van der Waals surface area contributed by atoms with Crippen molar-refractivity contribution in [1.82, 2.24) is 4.90 Å². The first-order valence-electron chi connectivity index (χ1n) is 4.26. The molecule has 0 saturated carbocycles. The lowest BCUT2D eigenvalue weighted by Crippen LogP contribution is -2.19. The fourth-order valence-corrected chi connectivity index (χ4v) is 1.31. The van der Waals surface area contributed by atoms with Crippen molar-refractivity contribution in [2.24, 2.45) is 0 Å². The molecule has 1 aromatic rings. The molecule has 13 heavy (non-hydrogen) atoms. The zero-order valence-electron chi connectivity index (χ0n) is 7.70. The van der Waals surface area contributed by atoms with Crippen LogP contribution in [0.4, 0.5) is 0 Å². The lowest BCUT2D eigenvalue weighted by atomic mass is 10.1. The third kappa shape index (κ3) is 4.03. The van der Waals surface area contributed by atoms with Gasteiger partial charge in [-0.3, -0.25) is 4.90 Å². The average molecular weight is 216 g/mol. The molecule has 1 nitrogen and oxygen atoms in total. The van der Waals surface area contributed by atoms with Gasteiger partial charge in [0, 0.05) is 17.4 Å². The molecule has 0 radical (unpaired) electrons. The Morgan fingerprint density at radius 1 is 1.31 bits per heavy atom. The highest BCUT2D eigenvalue weighted by Gasteiger charge is 1.96. The van der Waals surface area contributed by atoms with Crippen molar-refractivity contribution in [3.05, 3.63) is 34.9 Å². The zero-order chi connectivity index (χ0) is 9.68. The van der Waals surface area contributed by atoms with E-state index in [0.29, 0.717) is 0 Å². The van der Waals surface area contributed by atoms with Gasteiger partial charge in [-0.05, 0) is 31.2 Å². The van der Waals surface area contributed by atoms with Crippen LogP contribution >= 0.6 is 24.2 Å². The van der Waals surface area contributed by atoms with Crippen molar-refractivity contribution in [2.45, 2.75) is 6.42 Å². The van der Waals surface area contributed by atoms with Gasteiger partial charge in [-0.1, -0.05) is 23.7 Å². The second kappa shape index (κ2) is 5.53. The summed E-state index contributed by atoms with van der Waals surface area (Å²) in [6, 6.07) is 7.98. The van der Waals surface area contributed by atoms with Gasteiger partial charge in [0.1, 0.15) is 0 Å². The third-order valence-electron chi connectivity index (χ3n) is 1.94. The molecule has 0 aliphatic carbocycles. The molecule has 0 heterocycles. The fourth-order valence-electron chi connectivity index (χ4n) is 1.04. The van der Waals surface area contributed by atoms with Crippen LogP contribution in [0.5, 0.6) is 0 Å². The Kier molecular flexibility index (Phi) is 4.64. The van der Waals surface area contributed by atoms with Crippen LogP contribution in [0.25, 0.3) is 0 Å². The Labute approximate surface area is 90.1 Å². The summed E-state index contributed by atoms with van der Waals surface area (Å²) >= 11 is 9.96. The smallest absolute Gasteiger partial charge is 0.0411 e. The molecule has 0 unspecified atom stereocenters. The minimum Gasteiger partial charge on any atom is -0.297 e. The van der Waals surface area contributed by atoms with E-state index in [4.69, 9.17) is 11.6 Å². The van der Waals surface area contributed by atoms with E-state index in [-0.39, 0.29) is 0 Å². The summed E-state index contributed by atoms with van der Waals surface area (Å²) in [6.07, 6.45) is 1.05. The lowest BCUT2D eigenvalue weighted by molar-refractivity contribution is 0.399. The number of rotatable bonds is 4. The van der Waals surface area contributed by atoms with E-state index in [2.05, 4.69) is 36.7 Å². The summed E-state index contributed by atoms with van der Waals surface area (Å²) in [4.78, 5) is 2.16. The van der Waals surface area contributed by atoms with Gasteiger partial charge < -0.3 is 0 Å². The molecule has 0 fully saturated rings. The van der Waals surface area contributed by atoms with Crippen LogP contribution in [-0.4, -0.2) is 24.4 Å². The van der Waals surface area contributed by atoms with E-state index in [1.165, 1.54) is 5.56 Å². The van der Waals surface area contributed by atoms with Crippen molar-refractivity contribution in [1.29, 1.82) is 0 Å². The summed E-state index contributed by atoms with van der Waals surface area (Å²) in [5.41, 5.74) is 1.32. The number of hydrogen-bond acceptors (Lipinski definition) is 2. The first-order chi connectivity index (χ1) is 6.22. The molecule has 1 rings (SSSR count). The Morgan fingerprint density at radius 2 is 1.92 bits per heavy atom. The van der Waals surface area contributed by atoms with Crippen molar-refractivity contribution in [2.75, 3.05) is 19.5 Å². The Balaban J connectivity index is 2.41. The normalized spacial score (nSPS) is 10.8. The monoisotopic (exact) mass is 215 g/mol. The molecule has 0 spiro atoms. The topological polar surface area (TPSA) is 3.24 Å². The number of thiol groups is 1. The van der Waals surface area contributed by atoms with Gasteiger partial charge >= 0.3 is 0 Å². The van der Waals surface area contributed by atoms with E-state index in [0.717, 1.165) is 23.9 Å². The average Bonchev–Trinajstić information content (AvgIpc) is 2.16. The maximum absolute atomic E-state index is 5.78. The maximum Gasteiger partial charge on any atom is 0.0411 e. The molecule has 0 atom stereocenters. The molecule has 1 aromatic carbocycles. The molecule has 72 valence electrons. The lowest BCUT2D eigenvalue weighted by Gasteiger charge is -2.12. The minimum absolute atomic E-state index is 0.797. The van der Waals surface area contributed by atoms with Crippen LogP contribution in [-0.2, 0) is 6.42 Å². The predicted molar refractivity (Wildman–Crippen MR) is 61.6 cm³/mol. The number of nitrogens with zero attached hydrogens (tertiary/aromatic N) is 1. The van der Waals surface area contributed by atoms with Crippen molar-refractivity contribution in [3.8, 4) is 0 Å². The Bertz CT molecular complexity index is 248. The van der Waals surface area contributed by atoms with Gasteiger partial charge in [0.05, 0.1) is 0 Å². The summed E-state index contributed by atoms with van der Waals surface area (Å²) < 4.78 is 0. The number of hydrogen-bond donors (Lipinski definition) is 1. The van der Waals surface area contributed by atoms with Crippen molar-refractivity contribution in [3.63, 3.8) is 0 Å². The first-order valence-corrected chi connectivity index (χ1v) is 5.27. The zero-order valence-corrected chi connectivity index (χ0v) is 9.35. The molecular formula is C10H14ClNS. The quantitative estimate of drug-likeness (QED) is 0.597. The van der Waals surface area contributed by atoms with Crippen molar-refractivity contribution < 1.29 is 0 Å². The highest BCUT2D eigenvalue weighted by molar-refractivity contribution is 7.80. The molecule has 0 bridgehead atoms. The summed E-state index contributed by atoms with van der Waals surface area (Å²) in [5, 5.41) is 0.797. The van der Waals surface area contributed by atoms with Gasteiger partial charge in [0.2, 0.25) is 0 Å². The molecule has 0 aromatic heterocycles. The molecule has 0 aliphatic rings. The van der Waals surface area contributed by atoms with Gasteiger partial charge in [-0.25, -0.2) is 0 Å². The van der Waals surface area contributed by atoms with E-state index in [9.17, 15) is 0 Å². The number of benzene rings is 1. The third-order valence-corrected chi connectivity index (χ3v) is 2.67. The van der Waals surface area contributed by atoms with Crippen LogP contribution in [0.2, 0.25) is 5.02 Å². The molecular weight excluding hydrogens is 202 g/mol. The highest BCUT2D eigenvalue weighted by Crippen LogP contribution is 2.10.